The number of hydrogen-bond donors (Lipinski definition) is 1. The Morgan fingerprint density at radius 2 is 1.94 bits per heavy atom. The first-order chi connectivity index (χ1) is 15.1. The summed E-state index contributed by atoms with van der Waals surface area (Å²) < 4.78 is 5.75. The van der Waals surface area contributed by atoms with Crippen LogP contribution in [0.3, 0.4) is 0 Å². The number of benzene rings is 2. The summed E-state index contributed by atoms with van der Waals surface area (Å²) in [6.45, 7) is 7.81. The quantitative estimate of drug-likeness (QED) is 0.472. The number of ether oxygens (including phenoxy) is 1. The van der Waals surface area contributed by atoms with Gasteiger partial charge >= 0.3 is 0 Å². The van der Waals surface area contributed by atoms with Crippen LogP contribution in [0.2, 0.25) is 15.1 Å². The van der Waals surface area contributed by atoms with Crippen molar-refractivity contribution < 1.29 is 14.7 Å². The Labute approximate surface area is 204 Å². The molecule has 0 unspecified atom stereocenters. The van der Waals surface area contributed by atoms with E-state index in [4.69, 9.17) is 44.4 Å². The van der Waals surface area contributed by atoms with Gasteiger partial charge in [-0.3, -0.25) is 4.90 Å². The van der Waals surface area contributed by atoms with Crippen molar-refractivity contribution in [1.29, 1.82) is 0 Å². The molecule has 0 spiro atoms. The topological polar surface area (TPSA) is 54.3 Å². The summed E-state index contributed by atoms with van der Waals surface area (Å²) in [5, 5.41) is 16.5. The van der Waals surface area contributed by atoms with Gasteiger partial charge in [0.25, 0.3) is 0 Å². The molecule has 1 heterocycles. The van der Waals surface area contributed by atoms with Crippen LogP contribution in [0.25, 0.3) is 0 Å². The second kappa shape index (κ2) is 11.2. The molecule has 0 saturated heterocycles. The molecule has 0 amide bonds. The fraction of sp³-hybridized carbons (Fsp3) is 0.458. The summed E-state index contributed by atoms with van der Waals surface area (Å²) in [6.07, 6.45) is -0.141. The Hall–Kier alpha value is -1.34. The predicted octanol–water partition coefficient (Wildman–Crippen LogP) is 5.82. The van der Waals surface area contributed by atoms with Crippen molar-refractivity contribution in [1.82, 2.24) is 4.90 Å². The summed E-state index contributed by atoms with van der Waals surface area (Å²) in [5.74, 6) is 0. The van der Waals surface area contributed by atoms with Crippen molar-refractivity contribution in [2.45, 2.75) is 51.5 Å². The maximum absolute atomic E-state index is 10.6. The molecule has 32 heavy (non-hydrogen) atoms. The SMILES string of the molecule is CC(C)(C)OC[C@H](O)CN(Cc1cccc(Cl)c1)C[C@H]1CC(c2ccc(Cl)c(Cl)c2)=NO1. The zero-order valence-corrected chi connectivity index (χ0v) is 20.8. The molecule has 0 radical (unpaired) electrons. The zero-order chi connectivity index (χ0) is 23.3. The lowest BCUT2D eigenvalue weighted by Crippen LogP contribution is -2.40. The van der Waals surface area contributed by atoms with Crippen molar-refractivity contribution in [3.8, 4) is 0 Å². The summed E-state index contributed by atoms with van der Waals surface area (Å²) >= 11 is 18.3. The van der Waals surface area contributed by atoms with Crippen molar-refractivity contribution in [2.24, 2.45) is 5.16 Å². The van der Waals surface area contributed by atoms with Gasteiger partial charge < -0.3 is 14.7 Å². The Balaban J connectivity index is 1.64. The number of oxime groups is 1. The van der Waals surface area contributed by atoms with E-state index in [1.807, 2.05) is 51.1 Å². The molecule has 2 atom stereocenters. The van der Waals surface area contributed by atoms with Gasteiger partial charge in [0.1, 0.15) is 6.10 Å². The van der Waals surface area contributed by atoms with Crippen LogP contribution in [0.1, 0.15) is 38.3 Å². The second-order valence-electron chi connectivity index (χ2n) is 9.00. The Morgan fingerprint density at radius 1 is 1.16 bits per heavy atom. The summed E-state index contributed by atoms with van der Waals surface area (Å²) in [7, 11) is 0. The van der Waals surface area contributed by atoms with E-state index in [0.29, 0.717) is 41.1 Å². The first-order valence-corrected chi connectivity index (χ1v) is 11.7. The molecule has 0 aliphatic carbocycles. The number of rotatable bonds is 9. The maximum atomic E-state index is 10.6. The van der Waals surface area contributed by atoms with Crippen LogP contribution in [-0.4, -0.2) is 53.2 Å². The van der Waals surface area contributed by atoms with E-state index in [1.54, 1.807) is 12.1 Å². The van der Waals surface area contributed by atoms with Crippen LogP contribution >= 0.6 is 34.8 Å². The molecule has 1 aliphatic rings. The number of nitrogens with zero attached hydrogens (tertiary/aromatic N) is 2. The smallest absolute Gasteiger partial charge is 0.145 e. The third-order valence-corrected chi connectivity index (χ3v) is 5.89. The van der Waals surface area contributed by atoms with E-state index < -0.39 is 6.10 Å². The molecule has 2 aromatic rings. The molecule has 0 saturated carbocycles. The minimum absolute atomic E-state index is 0.144. The Morgan fingerprint density at radius 3 is 2.62 bits per heavy atom. The van der Waals surface area contributed by atoms with Crippen LogP contribution in [0, 0.1) is 0 Å². The Kier molecular flexibility index (Phi) is 8.84. The molecule has 174 valence electrons. The molecule has 0 bridgehead atoms. The van der Waals surface area contributed by atoms with E-state index in [2.05, 4.69) is 10.1 Å². The van der Waals surface area contributed by atoms with Crippen LogP contribution in [0.5, 0.6) is 0 Å². The van der Waals surface area contributed by atoms with Gasteiger partial charge in [0.15, 0.2) is 0 Å². The van der Waals surface area contributed by atoms with Crippen LogP contribution < -0.4 is 0 Å². The minimum atomic E-state index is -0.634. The van der Waals surface area contributed by atoms with Crippen LogP contribution in [0.15, 0.2) is 47.6 Å². The highest BCUT2D eigenvalue weighted by atomic mass is 35.5. The fourth-order valence-electron chi connectivity index (χ4n) is 3.45. The molecule has 2 aromatic carbocycles. The lowest BCUT2D eigenvalue weighted by molar-refractivity contribution is -0.0600. The number of aliphatic hydroxyl groups is 1. The van der Waals surface area contributed by atoms with Gasteiger partial charge in [-0.15, -0.1) is 0 Å². The van der Waals surface area contributed by atoms with Gasteiger partial charge in [0.05, 0.1) is 34.1 Å². The standard InChI is InChI=1S/C24H29Cl3N2O3/c1-24(2,3)31-15-19(30)13-29(12-16-5-4-6-18(25)9-16)14-20-11-23(28-32-20)17-7-8-21(26)22(27)10-17/h4-10,19-20,30H,11-15H2,1-3H3/t19-,20-/m1/s1. The molecule has 0 aromatic heterocycles. The highest BCUT2D eigenvalue weighted by molar-refractivity contribution is 6.42. The summed E-state index contributed by atoms with van der Waals surface area (Å²) in [5.41, 5.74) is 2.47. The van der Waals surface area contributed by atoms with Gasteiger partial charge in [0, 0.05) is 36.6 Å². The lowest BCUT2D eigenvalue weighted by atomic mass is 10.0. The van der Waals surface area contributed by atoms with E-state index in [0.717, 1.165) is 16.8 Å². The monoisotopic (exact) mass is 498 g/mol. The molecule has 5 nitrogen and oxygen atoms in total. The Bertz CT molecular complexity index is 946. The zero-order valence-electron chi connectivity index (χ0n) is 18.5. The highest BCUT2D eigenvalue weighted by Crippen LogP contribution is 2.26. The van der Waals surface area contributed by atoms with Crippen molar-refractivity contribution in [2.75, 3.05) is 19.7 Å². The molecule has 1 N–H and O–H groups in total. The predicted molar refractivity (Wildman–Crippen MR) is 131 cm³/mol. The van der Waals surface area contributed by atoms with Gasteiger partial charge in [-0.25, -0.2) is 0 Å². The van der Waals surface area contributed by atoms with Gasteiger partial charge in [-0.05, 0) is 50.6 Å². The molecule has 0 fully saturated rings. The molecular weight excluding hydrogens is 471 g/mol. The third-order valence-electron chi connectivity index (χ3n) is 4.92. The van der Waals surface area contributed by atoms with E-state index in [9.17, 15) is 5.11 Å². The largest absolute Gasteiger partial charge is 0.390 e. The minimum Gasteiger partial charge on any atom is -0.390 e. The maximum Gasteiger partial charge on any atom is 0.145 e. The van der Waals surface area contributed by atoms with E-state index >= 15 is 0 Å². The van der Waals surface area contributed by atoms with Crippen molar-refractivity contribution >= 4 is 40.5 Å². The molecule has 8 heteroatoms. The van der Waals surface area contributed by atoms with Crippen LogP contribution in [-0.2, 0) is 16.1 Å². The van der Waals surface area contributed by atoms with Crippen LogP contribution in [0.4, 0.5) is 0 Å². The highest BCUT2D eigenvalue weighted by Gasteiger charge is 2.26. The average Bonchev–Trinajstić information content (AvgIpc) is 3.16. The lowest BCUT2D eigenvalue weighted by Gasteiger charge is -2.28. The first kappa shape index (κ1) is 25.3. The van der Waals surface area contributed by atoms with Gasteiger partial charge in [-0.2, -0.15) is 0 Å². The first-order valence-electron chi connectivity index (χ1n) is 10.6. The fourth-order valence-corrected chi connectivity index (χ4v) is 3.97. The second-order valence-corrected chi connectivity index (χ2v) is 10.3. The molecular formula is C24H29Cl3N2O3. The summed E-state index contributed by atoms with van der Waals surface area (Å²) in [4.78, 5) is 7.85. The number of hydrogen-bond acceptors (Lipinski definition) is 5. The van der Waals surface area contributed by atoms with E-state index in [-0.39, 0.29) is 18.3 Å². The van der Waals surface area contributed by atoms with E-state index in [1.165, 1.54) is 0 Å². The molecule has 1 aliphatic heterocycles. The van der Waals surface area contributed by atoms with Crippen molar-refractivity contribution in [3.63, 3.8) is 0 Å². The number of halogens is 3. The third kappa shape index (κ3) is 7.91. The molecule has 3 rings (SSSR count). The van der Waals surface area contributed by atoms with Gasteiger partial charge in [0.2, 0.25) is 0 Å². The number of aliphatic hydroxyl groups excluding tert-OH is 1. The van der Waals surface area contributed by atoms with Crippen molar-refractivity contribution in [3.05, 3.63) is 68.7 Å². The van der Waals surface area contributed by atoms with Gasteiger partial charge in [-0.1, -0.05) is 58.2 Å². The average molecular weight is 500 g/mol. The normalized spacial score (nSPS) is 17.4. The summed E-state index contributed by atoms with van der Waals surface area (Å²) in [6, 6.07) is 13.2.